The van der Waals surface area contributed by atoms with Gasteiger partial charge >= 0.3 is 0 Å². The molecule has 1 saturated carbocycles. The molecule has 3 aromatic rings. The SMILES string of the molecule is CCC(C(=O)NC1CCCC1)N(Cc1cccc(OC)c1)C(=O)CN(c1cccc(Cl)c1C)S(=O)(=O)c1ccccc1. The van der Waals surface area contributed by atoms with Gasteiger partial charge < -0.3 is 15.0 Å². The molecule has 1 atom stereocenters. The van der Waals surface area contributed by atoms with Gasteiger partial charge in [0.1, 0.15) is 18.3 Å². The van der Waals surface area contributed by atoms with Crippen LogP contribution in [-0.4, -0.2) is 50.9 Å². The molecule has 0 aromatic heterocycles. The highest BCUT2D eigenvalue weighted by molar-refractivity contribution is 7.92. The first-order valence-corrected chi connectivity index (χ1v) is 16.0. The summed E-state index contributed by atoms with van der Waals surface area (Å²) < 4.78 is 34.5. The normalized spacial score (nSPS) is 14.3. The molecule has 4 rings (SSSR count). The molecular weight excluding hydrogens is 574 g/mol. The molecule has 8 nitrogen and oxygen atoms in total. The molecule has 0 heterocycles. The lowest BCUT2D eigenvalue weighted by Crippen LogP contribution is -2.53. The summed E-state index contributed by atoms with van der Waals surface area (Å²) in [5.41, 5.74) is 1.58. The minimum absolute atomic E-state index is 0.0440. The number of hydrogen-bond donors (Lipinski definition) is 1. The van der Waals surface area contributed by atoms with Crippen LogP contribution in [0.5, 0.6) is 5.75 Å². The van der Waals surface area contributed by atoms with Crippen LogP contribution in [0.4, 0.5) is 5.69 Å². The van der Waals surface area contributed by atoms with E-state index in [9.17, 15) is 18.0 Å². The van der Waals surface area contributed by atoms with E-state index in [0.29, 0.717) is 28.4 Å². The first kappa shape index (κ1) is 31.4. The number of halogens is 1. The van der Waals surface area contributed by atoms with Crippen LogP contribution in [0.25, 0.3) is 0 Å². The number of methoxy groups -OCH3 is 1. The van der Waals surface area contributed by atoms with E-state index in [4.69, 9.17) is 16.3 Å². The fraction of sp³-hybridized carbons (Fsp3) is 0.375. The van der Waals surface area contributed by atoms with Gasteiger partial charge in [0.25, 0.3) is 10.0 Å². The first-order valence-electron chi connectivity index (χ1n) is 14.2. The summed E-state index contributed by atoms with van der Waals surface area (Å²) in [7, 11) is -2.61. The summed E-state index contributed by atoms with van der Waals surface area (Å²) in [6.07, 6.45) is 4.28. The van der Waals surface area contributed by atoms with Crippen molar-refractivity contribution in [3.8, 4) is 5.75 Å². The fourth-order valence-electron chi connectivity index (χ4n) is 5.35. The standard InChI is InChI=1S/C32H38ClN3O5S/c1-4-29(32(38)34-25-13-8-9-14-25)35(21-24-12-10-15-26(20-24)41-3)31(37)22-36(30-19-11-18-28(33)23(30)2)42(39,40)27-16-6-5-7-17-27/h5-7,10-12,15-20,25,29H,4,8-9,13-14,21-22H2,1-3H3,(H,34,38). The topological polar surface area (TPSA) is 96.0 Å². The highest BCUT2D eigenvalue weighted by atomic mass is 35.5. The maximum absolute atomic E-state index is 14.3. The number of benzene rings is 3. The molecule has 2 amide bonds. The Labute approximate surface area is 253 Å². The summed E-state index contributed by atoms with van der Waals surface area (Å²) in [4.78, 5) is 29.4. The van der Waals surface area contributed by atoms with Crippen molar-refractivity contribution in [2.45, 2.75) is 69.5 Å². The van der Waals surface area contributed by atoms with Crippen LogP contribution in [0.1, 0.15) is 50.2 Å². The molecular formula is C32H38ClN3O5S. The number of ether oxygens (including phenoxy) is 1. The van der Waals surface area contributed by atoms with E-state index in [1.807, 2.05) is 25.1 Å². The number of nitrogens with one attached hydrogen (secondary N) is 1. The van der Waals surface area contributed by atoms with Gasteiger partial charge in [-0.1, -0.05) is 67.8 Å². The van der Waals surface area contributed by atoms with Gasteiger partial charge in [0, 0.05) is 17.6 Å². The van der Waals surface area contributed by atoms with Crippen LogP contribution in [0.15, 0.2) is 77.7 Å². The predicted octanol–water partition coefficient (Wildman–Crippen LogP) is 5.72. The molecule has 1 N–H and O–H groups in total. The Bertz CT molecular complexity index is 1490. The Morgan fingerprint density at radius 3 is 2.38 bits per heavy atom. The zero-order valence-electron chi connectivity index (χ0n) is 24.3. The average molecular weight is 612 g/mol. The van der Waals surface area contributed by atoms with E-state index >= 15 is 0 Å². The van der Waals surface area contributed by atoms with Crippen LogP contribution in [-0.2, 0) is 26.2 Å². The average Bonchev–Trinajstić information content (AvgIpc) is 3.51. The van der Waals surface area contributed by atoms with E-state index in [0.717, 1.165) is 35.6 Å². The van der Waals surface area contributed by atoms with Crippen molar-refractivity contribution in [3.63, 3.8) is 0 Å². The van der Waals surface area contributed by atoms with Crippen molar-refractivity contribution in [1.82, 2.24) is 10.2 Å². The lowest BCUT2D eigenvalue weighted by Gasteiger charge is -2.34. The number of amides is 2. The molecule has 0 spiro atoms. The summed E-state index contributed by atoms with van der Waals surface area (Å²) in [6.45, 7) is 3.15. The summed E-state index contributed by atoms with van der Waals surface area (Å²) in [5, 5.41) is 3.50. The minimum atomic E-state index is -4.17. The summed E-state index contributed by atoms with van der Waals surface area (Å²) in [5.74, 6) is -0.131. The van der Waals surface area contributed by atoms with Gasteiger partial charge in [-0.25, -0.2) is 8.42 Å². The molecule has 0 aliphatic heterocycles. The molecule has 1 fully saturated rings. The van der Waals surface area contributed by atoms with E-state index in [1.165, 1.54) is 17.0 Å². The molecule has 1 unspecified atom stereocenters. The molecule has 1 aliphatic rings. The Kier molecular flexibility index (Phi) is 10.5. The van der Waals surface area contributed by atoms with E-state index in [1.54, 1.807) is 56.5 Å². The maximum atomic E-state index is 14.3. The quantitative estimate of drug-likeness (QED) is 0.283. The lowest BCUT2D eigenvalue weighted by molar-refractivity contribution is -0.140. The predicted molar refractivity (Wildman–Crippen MR) is 165 cm³/mol. The van der Waals surface area contributed by atoms with Gasteiger partial charge in [-0.2, -0.15) is 0 Å². The number of anilines is 1. The van der Waals surface area contributed by atoms with E-state index in [2.05, 4.69) is 5.32 Å². The Morgan fingerprint density at radius 1 is 1.02 bits per heavy atom. The highest BCUT2D eigenvalue weighted by Crippen LogP contribution is 2.31. The third kappa shape index (κ3) is 7.25. The smallest absolute Gasteiger partial charge is 0.264 e. The Hall–Kier alpha value is -3.56. The highest BCUT2D eigenvalue weighted by Gasteiger charge is 2.35. The van der Waals surface area contributed by atoms with Crippen LogP contribution in [0, 0.1) is 6.92 Å². The van der Waals surface area contributed by atoms with Crippen molar-refractivity contribution >= 4 is 39.1 Å². The second kappa shape index (κ2) is 14.1. The van der Waals surface area contributed by atoms with Gasteiger partial charge in [0.05, 0.1) is 17.7 Å². The van der Waals surface area contributed by atoms with Crippen LogP contribution in [0.3, 0.4) is 0 Å². The number of hydrogen-bond acceptors (Lipinski definition) is 5. The number of rotatable bonds is 12. The van der Waals surface area contributed by atoms with Gasteiger partial charge in [-0.05, 0) is 73.7 Å². The van der Waals surface area contributed by atoms with Gasteiger partial charge in [-0.15, -0.1) is 0 Å². The third-order valence-corrected chi connectivity index (χ3v) is 9.88. The molecule has 0 bridgehead atoms. The number of nitrogens with zero attached hydrogens (tertiary/aromatic N) is 2. The number of carbonyl (C=O) groups is 2. The van der Waals surface area contributed by atoms with E-state index < -0.39 is 28.5 Å². The molecule has 0 radical (unpaired) electrons. The largest absolute Gasteiger partial charge is 0.497 e. The fourth-order valence-corrected chi connectivity index (χ4v) is 7.02. The van der Waals surface area contributed by atoms with Crippen LogP contribution < -0.4 is 14.4 Å². The van der Waals surface area contributed by atoms with Crippen molar-refractivity contribution < 1.29 is 22.7 Å². The maximum Gasteiger partial charge on any atom is 0.264 e. The molecule has 1 aliphatic carbocycles. The summed E-state index contributed by atoms with van der Waals surface area (Å²) >= 11 is 6.40. The van der Waals surface area contributed by atoms with Crippen molar-refractivity contribution in [1.29, 1.82) is 0 Å². The van der Waals surface area contributed by atoms with Gasteiger partial charge in [0.2, 0.25) is 11.8 Å². The zero-order chi connectivity index (χ0) is 30.3. The lowest BCUT2D eigenvalue weighted by atomic mass is 10.1. The molecule has 0 saturated heterocycles. The number of sulfonamides is 1. The van der Waals surface area contributed by atoms with Crippen molar-refractivity contribution in [2.75, 3.05) is 18.0 Å². The van der Waals surface area contributed by atoms with Crippen LogP contribution >= 0.6 is 11.6 Å². The summed E-state index contributed by atoms with van der Waals surface area (Å²) in [6, 6.07) is 19.5. The number of carbonyl (C=O) groups excluding carboxylic acids is 2. The second-order valence-electron chi connectivity index (χ2n) is 10.5. The monoisotopic (exact) mass is 611 g/mol. The van der Waals surface area contributed by atoms with Crippen LogP contribution in [0.2, 0.25) is 5.02 Å². The van der Waals surface area contributed by atoms with Gasteiger partial charge in [0.15, 0.2) is 0 Å². The first-order chi connectivity index (χ1) is 20.1. The third-order valence-electron chi connectivity index (χ3n) is 7.69. The Balaban J connectivity index is 1.74. The molecule has 42 heavy (non-hydrogen) atoms. The van der Waals surface area contributed by atoms with Gasteiger partial charge in [-0.3, -0.25) is 13.9 Å². The zero-order valence-corrected chi connectivity index (χ0v) is 25.8. The van der Waals surface area contributed by atoms with Crippen molar-refractivity contribution in [3.05, 3.63) is 88.9 Å². The molecule has 10 heteroatoms. The second-order valence-corrected chi connectivity index (χ2v) is 12.8. The molecule has 224 valence electrons. The minimum Gasteiger partial charge on any atom is -0.497 e. The molecule has 3 aromatic carbocycles. The Morgan fingerprint density at radius 2 is 1.71 bits per heavy atom. The van der Waals surface area contributed by atoms with Crippen molar-refractivity contribution in [2.24, 2.45) is 0 Å². The van der Waals surface area contributed by atoms with E-state index in [-0.39, 0.29) is 23.4 Å².